The molecule has 0 unspecified atom stereocenters. The Kier molecular flexibility index (Phi) is 3.97. The zero-order chi connectivity index (χ0) is 15.5. The van der Waals surface area contributed by atoms with Crippen molar-refractivity contribution in [2.24, 2.45) is 0 Å². The molecule has 0 aliphatic heterocycles. The zero-order valence-electron chi connectivity index (χ0n) is 10.4. The lowest BCUT2D eigenvalue weighted by molar-refractivity contribution is -0.274. The predicted octanol–water partition coefficient (Wildman–Crippen LogP) is 2.94. The van der Waals surface area contributed by atoms with Crippen LogP contribution >= 0.6 is 0 Å². The molecule has 0 saturated heterocycles. The molecule has 21 heavy (non-hydrogen) atoms. The Hall–Kier alpha value is -2.77. The van der Waals surface area contributed by atoms with E-state index in [1.54, 1.807) is 0 Å². The molecule has 5 nitrogen and oxygen atoms in total. The number of nitrogens with zero attached hydrogens (tertiary/aromatic N) is 1. The highest BCUT2D eigenvalue weighted by molar-refractivity contribution is 6.06. The number of aromatic nitrogens is 1. The summed E-state index contributed by atoms with van der Waals surface area (Å²) in [5.41, 5.74) is -0.289. The number of aromatic hydroxyl groups is 1. The van der Waals surface area contributed by atoms with Gasteiger partial charge in [-0.05, 0) is 18.2 Å². The van der Waals surface area contributed by atoms with Gasteiger partial charge in [0.2, 0.25) is 0 Å². The van der Waals surface area contributed by atoms with Gasteiger partial charge in [0.25, 0.3) is 5.91 Å². The molecule has 0 bridgehead atoms. The van der Waals surface area contributed by atoms with Crippen molar-refractivity contribution in [3.63, 3.8) is 0 Å². The van der Waals surface area contributed by atoms with Gasteiger partial charge in [-0.25, -0.2) is 0 Å². The summed E-state index contributed by atoms with van der Waals surface area (Å²) in [5, 5.41) is 11.7. The van der Waals surface area contributed by atoms with Crippen molar-refractivity contribution >= 4 is 11.6 Å². The van der Waals surface area contributed by atoms with Gasteiger partial charge in [0.05, 0.1) is 17.4 Å². The number of amides is 1. The van der Waals surface area contributed by atoms with Crippen LogP contribution in [0.5, 0.6) is 11.5 Å². The van der Waals surface area contributed by atoms with Crippen LogP contribution in [0.15, 0.2) is 42.7 Å². The van der Waals surface area contributed by atoms with E-state index in [0.29, 0.717) is 0 Å². The number of halogens is 3. The third-order valence-electron chi connectivity index (χ3n) is 2.41. The van der Waals surface area contributed by atoms with Crippen LogP contribution in [-0.2, 0) is 0 Å². The number of anilines is 1. The van der Waals surface area contributed by atoms with E-state index in [9.17, 15) is 23.1 Å². The average Bonchev–Trinajstić information content (AvgIpc) is 2.40. The van der Waals surface area contributed by atoms with Gasteiger partial charge in [-0.2, -0.15) is 0 Å². The van der Waals surface area contributed by atoms with Gasteiger partial charge in [0.15, 0.2) is 5.75 Å². The lowest BCUT2D eigenvalue weighted by Crippen LogP contribution is -2.19. The molecule has 1 amide bonds. The average molecular weight is 298 g/mol. The molecule has 0 fully saturated rings. The maximum atomic E-state index is 12.3. The molecule has 0 atom stereocenters. The molecule has 1 heterocycles. The summed E-state index contributed by atoms with van der Waals surface area (Å²) in [6, 6.07) is 6.32. The number of hydrogen-bond acceptors (Lipinski definition) is 4. The third-order valence-corrected chi connectivity index (χ3v) is 2.41. The van der Waals surface area contributed by atoms with Crippen LogP contribution in [0.4, 0.5) is 18.9 Å². The number of ether oxygens (including phenoxy) is 1. The second-order valence-corrected chi connectivity index (χ2v) is 3.89. The van der Waals surface area contributed by atoms with Crippen molar-refractivity contribution < 1.29 is 27.8 Å². The van der Waals surface area contributed by atoms with Crippen LogP contribution in [0.2, 0.25) is 0 Å². The summed E-state index contributed by atoms with van der Waals surface area (Å²) in [6.45, 7) is 0. The van der Waals surface area contributed by atoms with E-state index in [1.807, 2.05) is 0 Å². The monoisotopic (exact) mass is 298 g/mol. The molecular weight excluding hydrogens is 289 g/mol. The lowest BCUT2D eigenvalue weighted by Gasteiger charge is -2.14. The van der Waals surface area contributed by atoms with Gasteiger partial charge in [0.1, 0.15) is 5.75 Å². The molecular formula is C13H9F3N2O3. The molecule has 110 valence electrons. The van der Waals surface area contributed by atoms with Crippen LogP contribution in [0.1, 0.15) is 10.4 Å². The van der Waals surface area contributed by atoms with Crippen molar-refractivity contribution in [1.29, 1.82) is 0 Å². The number of carbonyl (C=O) groups excluding carboxylic acids is 1. The van der Waals surface area contributed by atoms with E-state index in [2.05, 4.69) is 15.0 Å². The van der Waals surface area contributed by atoms with E-state index >= 15 is 0 Å². The Labute approximate surface area is 117 Å². The molecule has 1 aromatic heterocycles. The quantitative estimate of drug-likeness (QED) is 0.914. The number of pyridine rings is 1. The molecule has 0 saturated carbocycles. The topological polar surface area (TPSA) is 71.5 Å². The highest BCUT2D eigenvalue weighted by Crippen LogP contribution is 2.30. The summed E-state index contributed by atoms with van der Waals surface area (Å²) < 4.78 is 40.6. The Bertz CT molecular complexity index is 659. The fraction of sp³-hybridized carbons (Fsp3) is 0.0769. The SMILES string of the molecule is O=C(Nc1ccccc1OC(F)(F)F)c1ccncc1O. The normalized spacial score (nSPS) is 11.0. The molecule has 2 N–H and O–H groups in total. The second-order valence-electron chi connectivity index (χ2n) is 3.89. The first kappa shape index (κ1) is 14.6. The minimum Gasteiger partial charge on any atom is -0.505 e. The van der Waals surface area contributed by atoms with Gasteiger partial charge in [-0.3, -0.25) is 9.78 Å². The smallest absolute Gasteiger partial charge is 0.505 e. The van der Waals surface area contributed by atoms with Crippen molar-refractivity contribution in [3.05, 3.63) is 48.3 Å². The largest absolute Gasteiger partial charge is 0.573 e. The minimum absolute atomic E-state index is 0.119. The van der Waals surface area contributed by atoms with Crippen LogP contribution < -0.4 is 10.1 Å². The zero-order valence-corrected chi connectivity index (χ0v) is 10.4. The van der Waals surface area contributed by atoms with E-state index in [1.165, 1.54) is 30.5 Å². The maximum absolute atomic E-state index is 12.3. The minimum atomic E-state index is -4.88. The number of hydrogen-bond donors (Lipinski definition) is 2. The van der Waals surface area contributed by atoms with Crippen LogP contribution in [0.25, 0.3) is 0 Å². The molecule has 0 spiro atoms. The third kappa shape index (κ3) is 3.85. The Morgan fingerprint density at radius 1 is 1.24 bits per heavy atom. The van der Waals surface area contributed by atoms with Crippen LogP contribution in [0, 0.1) is 0 Å². The predicted molar refractivity (Wildman–Crippen MR) is 67.0 cm³/mol. The summed E-state index contributed by atoms with van der Waals surface area (Å²) in [5.74, 6) is -1.72. The summed E-state index contributed by atoms with van der Waals surface area (Å²) in [6.07, 6.45) is -2.56. The van der Waals surface area contributed by atoms with Crippen molar-refractivity contribution in [2.75, 3.05) is 5.32 Å². The summed E-state index contributed by atoms with van der Waals surface area (Å²) in [4.78, 5) is 15.5. The highest BCUT2D eigenvalue weighted by atomic mass is 19.4. The molecule has 1 aromatic carbocycles. The fourth-order valence-electron chi connectivity index (χ4n) is 1.55. The number of carbonyl (C=O) groups is 1. The molecule has 8 heteroatoms. The van der Waals surface area contributed by atoms with E-state index in [4.69, 9.17) is 0 Å². The summed E-state index contributed by atoms with van der Waals surface area (Å²) in [7, 11) is 0. The molecule has 0 radical (unpaired) electrons. The first-order valence-corrected chi connectivity index (χ1v) is 5.66. The number of benzene rings is 1. The van der Waals surface area contributed by atoms with Gasteiger partial charge in [-0.1, -0.05) is 12.1 Å². The van der Waals surface area contributed by atoms with E-state index < -0.39 is 18.0 Å². The number of alkyl halides is 3. The number of para-hydroxylation sites is 2. The molecule has 2 aromatic rings. The van der Waals surface area contributed by atoms with E-state index in [0.717, 1.165) is 12.3 Å². The van der Waals surface area contributed by atoms with Crippen molar-refractivity contribution in [2.45, 2.75) is 6.36 Å². The van der Waals surface area contributed by atoms with Gasteiger partial charge in [-0.15, -0.1) is 13.2 Å². The first-order valence-electron chi connectivity index (χ1n) is 5.66. The van der Waals surface area contributed by atoms with Crippen LogP contribution in [-0.4, -0.2) is 22.4 Å². The maximum Gasteiger partial charge on any atom is 0.573 e. The number of nitrogens with one attached hydrogen (secondary N) is 1. The molecule has 0 aliphatic rings. The Morgan fingerprint density at radius 2 is 1.95 bits per heavy atom. The molecule has 2 rings (SSSR count). The van der Waals surface area contributed by atoms with Gasteiger partial charge in [0, 0.05) is 6.20 Å². The first-order chi connectivity index (χ1) is 9.87. The van der Waals surface area contributed by atoms with E-state index in [-0.39, 0.29) is 17.0 Å². The summed E-state index contributed by atoms with van der Waals surface area (Å²) >= 11 is 0. The standard InChI is InChI=1S/C13H9F3N2O3/c14-13(15,16)21-11-4-2-1-3-9(11)18-12(20)8-5-6-17-7-10(8)19/h1-7,19H,(H,18,20). The number of rotatable bonds is 3. The van der Waals surface area contributed by atoms with Gasteiger partial charge < -0.3 is 15.2 Å². The second kappa shape index (κ2) is 5.70. The van der Waals surface area contributed by atoms with Gasteiger partial charge >= 0.3 is 6.36 Å². The lowest BCUT2D eigenvalue weighted by atomic mass is 10.2. The molecule has 0 aliphatic carbocycles. The highest BCUT2D eigenvalue weighted by Gasteiger charge is 2.32. The Morgan fingerprint density at radius 3 is 2.62 bits per heavy atom. The Balaban J connectivity index is 2.24. The van der Waals surface area contributed by atoms with Crippen molar-refractivity contribution in [1.82, 2.24) is 4.98 Å². The van der Waals surface area contributed by atoms with Crippen LogP contribution in [0.3, 0.4) is 0 Å². The van der Waals surface area contributed by atoms with Crippen molar-refractivity contribution in [3.8, 4) is 11.5 Å². The fourth-order valence-corrected chi connectivity index (χ4v) is 1.55.